The molecule has 0 fully saturated rings. The van der Waals surface area contributed by atoms with Crippen molar-refractivity contribution in [2.75, 3.05) is 19.6 Å². The normalized spacial score (nSPS) is 15.1. The van der Waals surface area contributed by atoms with Gasteiger partial charge < -0.3 is 10.1 Å². The predicted octanol–water partition coefficient (Wildman–Crippen LogP) is 3.49. The van der Waals surface area contributed by atoms with Gasteiger partial charge in [0.15, 0.2) is 0 Å². The lowest BCUT2D eigenvalue weighted by Crippen LogP contribution is -2.34. The van der Waals surface area contributed by atoms with Crippen LogP contribution in [-0.4, -0.2) is 36.2 Å². The van der Waals surface area contributed by atoms with E-state index >= 15 is 0 Å². The summed E-state index contributed by atoms with van der Waals surface area (Å²) in [4.78, 5) is 13.9. The average Bonchev–Trinajstić information content (AvgIpc) is 2.44. The molecule has 1 amide bonds. The molecule has 1 aliphatic rings. The minimum Gasteiger partial charge on any atom is -0.444 e. The van der Waals surface area contributed by atoms with Gasteiger partial charge in [-0.3, -0.25) is 4.90 Å². The van der Waals surface area contributed by atoms with Crippen LogP contribution in [0.2, 0.25) is 0 Å². The summed E-state index contributed by atoms with van der Waals surface area (Å²) in [6.07, 6.45) is 2.53. The molecular formula is C18H27FN2O2. The van der Waals surface area contributed by atoms with Gasteiger partial charge in [-0.1, -0.05) is 6.07 Å². The van der Waals surface area contributed by atoms with E-state index in [4.69, 9.17) is 4.74 Å². The van der Waals surface area contributed by atoms with Gasteiger partial charge >= 0.3 is 6.09 Å². The van der Waals surface area contributed by atoms with E-state index in [1.165, 1.54) is 11.6 Å². The molecule has 0 aliphatic carbocycles. The molecule has 0 bridgehead atoms. The van der Waals surface area contributed by atoms with Crippen LogP contribution in [0.15, 0.2) is 18.2 Å². The smallest absolute Gasteiger partial charge is 0.407 e. The molecule has 0 unspecified atom stereocenters. The highest BCUT2D eigenvalue weighted by atomic mass is 19.1. The van der Waals surface area contributed by atoms with Crippen molar-refractivity contribution < 1.29 is 13.9 Å². The summed E-state index contributed by atoms with van der Waals surface area (Å²) in [5.74, 6) is -0.160. The number of ether oxygens (including phenoxy) is 1. The molecule has 1 aliphatic heterocycles. The highest BCUT2D eigenvalue weighted by Crippen LogP contribution is 2.20. The number of fused-ring (bicyclic) bond motifs is 1. The summed E-state index contributed by atoms with van der Waals surface area (Å²) < 4.78 is 18.5. The Morgan fingerprint density at radius 3 is 2.83 bits per heavy atom. The molecule has 1 N–H and O–H groups in total. The van der Waals surface area contributed by atoms with E-state index in [2.05, 4.69) is 10.2 Å². The van der Waals surface area contributed by atoms with Crippen molar-refractivity contribution in [2.45, 2.75) is 52.2 Å². The number of carbonyl (C=O) groups is 1. The van der Waals surface area contributed by atoms with Crippen molar-refractivity contribution >= 4 is 6.09 Å². The van der Waals surface area contributed by atoms with Gasteiger partial charge in [0.1, 0.15) is 11.4 Å². The summed E-state index contributed by atoms with van der Waals surface area (Å²) in [6.45, 7) is 8.96. The fourth-order valence-electron chi connectivity index (χ4n) is 2.74. The lowest BCUT2D eigenvalue weighted by Gasteiger charge is -2.28. The van der Waals surface area contributed by atoms with E-state index in [1.54, 1.807) is 6.07 Å². The minimum atomic E-state index is -0.458. The highest BCUT2D eigenvalue weighted by Gasteiger charge is 2.17. The van der Waals surface area contributed by atoms with Gasteiger partial charge in [-0.2, -0.15) is 0 Å². The van der Waals surface area contributed by atoms with Crippen molar-refractivity contribution in [3.05, 3.63) is 35.1 Å². The van der Waals surface area contributed by atoms with Gasteiger partial charge in [-0.05, 0) is 69.8 Å². The van der Waals surface area contributed by atoms with E-state index < -0.39 is 5.60 Å². The molecule has 5 heteroatoms. The molecule has 1 aromatic carbocycles. The maximum absolute atomic E-state index is 13.3. The zero-order valence-corrected chi connectivity index (χ0v) is 14.3. The molecule has 0 saturated heterocycles. The lowest BCUT2D eigenvalue weighted by atomic mass is 9.99. The minimum absolute atomic E-state index is 0.160. The molecule has 0 saturated carbocycles. The highest BCUT2D eigenvalue weighted by molar-refractivity contribution is 5.67. The topological polar surface area (TPSA) is 41.6 Å². The molecule has 2 rings (SSSR count). The molecule has 4 nitrogen and oxygen atoms in total. The monoisotopic (exact) mass is 322 g/mol. The Labute approximate surface area is 138 Å². The van der Waals surface area contributed by atoms with Crippen LogP contribution in [0.3, 0.4) is 0 Å². The number of hydrogen-bond acceptors (Lipinski definition) is 3. The first-order valence-electron chi connectivity index (χ1n) is 8.30. The van der Waals surface area contributed by atoms with Crippen LogP contribution in [0.1, 0.15) is 44.7 Å². The quantitative estimate of drug-likeness (QED) is 0.844. The first-order chi connectivity index (χ1) is 10.8. The predicted molar refractivity (Wildman–Crippen MR) is 88.9 cm³/mol. The third kappa shape index (κ3) is 6.18. The fraction of sp³-hybridized carbons (Fsp3) is 0.611. The average molecular weight is 322 g/mol. The van der Waals surface area contributed by atoms with Gasteiger partial charge in [0.05, 0.1) is 0 Å². The van der Waals surface area contributed by atoms with Gasteiger partial charge in [-0.25, -0.2) is 9.18 Å². The van der Waals surface area contributed by atoms with E-state index in [0.717, 1.165) is 44.5 Å². The summed E-state index contributed by atoms with van der Waals surface area (Å²) in [6, 6.07) is 5.08. The number of benzene rings is 1. The van der Waals surface area contributed by atoms with Crippen molar-refractivity contribution in [1.29, 1.82) is 0 Å². The molecule has 0 atom stereocenters. The third-order valence-electron chi connectivity index (χ3n) is 3.83. The molecule has 1 aromatic rings. The zero-order valence-electron chi connectivity index (χ0n) is 14.3. The Morgan fingerprint density at radius 2 is 2.09 bits per heavy atom. The largest absolute Gasteiger partial charge is 0.444 e. The number of rotatable bonds is 5. The number of alkyl carbamates (subject to hydrolysis) is 1. The number of amides is 1. The third-order valence-corrected chi connectivity index (χ3v) is 3.83. The fourth-order valence-corrected chi connectivity index (χ4v) is 2.74. The van der Waals surface area contributed by atoms with Gasteiger partial charge in [0.25, 0.3) is 0 Å². The van der Waals surface area contributed by atoms with Gasteiger partial charge in [0.2, 0.25) is 0 Å². The van der Waals surface area contributed by atoms with Crippen molar-refractivity contribution in [1.82, 2.24) is 10.2 Å². The second kappa shape index (κ2) is 7.77. The first kappa shape index (κ1) is 17.7. The number of nitrogens with one attached hydrogen (secondary N) is 1. The summed E-state index contributed by atoms with van der Waals surface area (Å²) >= 11 is 0. The number of unbranched alkanes of at least 4 members (excludes halogenated alkanes) is 1. The number of nitrogens with zero attached hydrogens (tertiary/aromatic N) is 1. The summed E-state index contributed by atoms with van der Waals surface area (Å²) in [5.41, 5.74) is 1.90. The molecule has 128 valence electrons. The van der Waals surface area contributed by atoms with E-state index in [1.807, 2.05) is 26.8 Å². The second-order valence-corrected chi connectivity index (χ2v) is 7.07. The number of carbonyl (C=O) groups excluding carboxylic acids is 1. The van der Waals surface area contributed by atoms with Crippen molar-refractivity contribution in [2.24, 2.45) is 0 Å². The van der Waals surface area contributed by atoms with Crippen LogP contribution in [-0.2, 0) is 17.7 Å². The number of halogens is 1. The van der Waals surface area contributed by atoms with Crippen LogP contribution in [0, 0.1) is 5.82 Å². The van der Waals surface area contributed by atoms with E-state index in [9.17, 15) is 9.18 Å². The Bertz CT molecular complexity index is 540. The number of hydrogen-bond donors (Lipinski definition) is 1. The molecule has 0 spiro atoms. The molecular weight excluding hydrogens is 295 g/mol. The zero-order chi connectivity index (χ0) is 16.9. The maximum atomic E-state index is 13.3. The lowest BCUT2D eigenvalue weighted by molar-refractivity contribution is 0.0526. The maximum Gasteiger partial charge on any atom is 0.407 e. The standard InChI is InChI=1S/C18H27FN2O2/c1-18(2,3)23-17(22)20-9-4-5-10-21-11-8-14-6-7-16(19)12-15(14)13-21/h6-7,12H,4-5,8-11,13H2,1-3H3,(H,20,22). The van der Waals surface area contributed by atoms with E-state index in [-0.39, 0.29) is 11.9 Å². The summed E-state index contributed by atoms with van der Waals surface area (Å²) in [5, 5.41) is 2.77. The molecule has 1 heterocycles. The molecule has 0 aromatic heterocycles. The molecule has 0 radical (unpaired) electrons. The van der Waals surface area contributed by atoms with Crippen molar-refractivity contribution in [3.63, 3.8) is 0 Å². The SMILES string of the molecule is CC(C)(C)OC(=O)NCCCCN1CCc2ccc(F)cc2C1. The Balaban J connectivity index is 1.63. The molecule has 23 heavy (non-hydrogen) atoms. The van der Waals surface area contributed by atoms with Crippen LogP contribution < -0.4 is 5.32 Å². The Hall–Kier alpha value is -1.62. The van der Waals surface area contributed by atoms with Crippen LogP contribution in [0.4, 0.5) is 9.18 Å². The Kier molecular flexibility index (Phi) is 5.99. The second-order valence-electron chi connectivity index (χ2n) is 7.07. The van der Waals surface area contributed by atoms with Crippen LogP contribution >= 0.6 is 0 Å². The van der Waals surface area contributed by atoms with Crippen LogP contribution in [0.5, 0.6) is 0 Å². The first-order valence-corrected chi connectivity index (χ1v) is 8.30. The van der Waals surface area contributed by atoms with Gasteiger partial charge in [-0.15, -0.1) is 0 Å². The van der Waals surface area contributed by atoms with Gasteiger partial charge in [0, 0.05) is 19.6 Å². The Morgan fingerprint density at radius 1 is 1.30 bits per heavy atom. The van der Waals surface area contributed by atoms with Crippen molar-refractivity contribution in [3.8, 4) is 0 Å². The van der Waals surface area contributed by atoms with E-state index in [0.29, 0.717) is 6.54 Å². The van der Waals surface area contributed by atoms with Crippen LogP contribution in [0.25, 0.3) is 0 Å². The summed E-state index contributed by atoms with van der Waals surface area (Å²) in [7, 11) is 0.